The molecule has 0 radical (unpaired) electrons. The van der Waals surface area contributed by atoms with Gasteiger partial charge in [-0.15, -0.1) is 0 Å². The zero-order chi connectivity index (χ0) is 7.49. The summed E-state index contributed by atoms with van der Waals surface area (Å²) in [5, 5.41) is 3.26. The Hall–Kier alpha value is 0.210. The number of nitrogens with zero attached hydrogens (tertiary/aromatic N) is 1. The summed E-state index contributed by atoms with van der Waals surface area (Å²) >= 11 is 0. The van der Waals surface area contributed by atoms with Crippen LogP contribution in [0.4, 0.5) is 0 Å². The fourth-order valence-corrected chi connectivity index (χ4v) is 1.14. The van der Waals surface area contributed by atoms with Crippen molar-refractivity contribution in [3.8, 4) is 0 Å². The van der Waals surface area contributed by atoms with E-state index in [0.29, 0.717) is 6.17 Å². The molecule has 10 heavy (non-hydrogen) atoms. The van der Waals surface area contributed by atoms with Crippen molar-refractivity contribution in [3.63, 3.8) is 0 Å². The van der Waals surface area contributed by atoms with E-state index in [1.54, 1.807) is 0 Å². The maximum atomic E-state index is 3.26. The fraction of sp³-hybridized carbons (Fsp3) is 1.00. The normalized spacial score (nSPS) is 14.1. The number of halogens is 1. The van der Waals surface area contributed by atoms with Gasteiger partial charge in [-0.2, -0.15) is 0 Å². The van der Waals surface area contributed by atoms with Crippen LogP contribution in [0.15, 0.2) is 0 Å². The minimum Gasteiger partial charge on any atom is -1.00 e. The average Bonchev–Trinajstić information content (AvgIpc) is 1.65. The standard InChI is InChI=1S/C7H19N2.ClH/c1-6-7(8-2)9(3,4)5;/h7-8H,6H2,1-5H3;1H/q+1;/p-1. The third-order valence-electron chi connectivity index (χ3n) is 1.65. The predicted octanol–water partition coefficient (Wildman–Crippen LogP) is -2.35. The van der Waals surface area contributed by atoms with Gasteiger partial charge >= 0.3 is 0 Å². The van der Waals surface area contributed by atoms with Crippen LogP contribution in [0.5, 0.6) is 0 Å². The van der Waals surface area contributed by atoms with Crippen LogP contribution in [0.3, 0.4) is 0 Å². The fourth-order valence-electron chi connectivity index (χ4n) is 1.14. The summed E-state index contributed by atoms with van der Waals surface area (Å²) in [4.78, 5) is 0. The number of nitrogens with one attached hydrogen (secondary N) is 1. The summed E-state index contributed by atoms with van der Waals surface area (Å²) in [6.45, 7) is 2.20. The zero-order valence-electron chi connectivity index (χ0n) is 7.61. The van der Waals surface area contributed by atoms with Gasteiger partial charge < -0.3 is 16.9 Å². The van der Waals surface area contributed by atoms with Crippen molar-refractivity contribution in [2.75, 3.05) is 28.2 Å². The molecule has 0 aromatic carbocycles. The van der Waals surface area contributed by atoms with Crippen LogP contribution >= 0.6 is 0 Å². The van der Waals surface area contributed by atoms with E-state index in [1.165, 1.54) is 6.42 Å². The van der Waals surface area contributed by atoms with Gasteiger partial charge in [0, 0.05) is 6.42 Å². The second-order valence-corrected chi connectivity index (χ2v) is 3.33. The summed E-state index contributed by atoms with van der Waals surface area (Å²) in [5.41, 5.74) is 0. The van der Waals surface area contributed by atoms with Gasteiger partial charge in [0.25, 0.3) is 0 Å². The molecular weight excluding hydrogens is 148 g/mol. The minimum atomic E-state index is 0. The van der Waals surface area contributed by atoms with Crippen LogP contribution < -0.4 is 17.7 Å². The van der Waals surface area contributed by atoms with Gasteiger partial charge in [-0.1, -0.05) is 6.92 Å². The molecule has 0 saturated carbocycles. The van der Waals surface area contributed by atoms with Gasteiger partial charge in [-0.05, 0) is 7.05 Å². The van der Waals surface area contributed by atoms with Gasteiger partial charge in [0.05, 0.1) is 21.1 Å². The number of hydrogen-bond acceptors (Lipinski definition) is 1. The Morgan fingerprint density at radius 2 is 1.70 bits per heavy atom. The molecule has 0 aliphatic carbocycles. The van der Waals surface area contributed by atoms with Crippen LogP contribution in [0.25, 0.3) is 0 Å². The summed E-state index contributed by atoms with van der Waals surface area (Å²) in [6, 6.07) is 0. The van der Waals surface area contributed by atoms with Gasteiger partial charge in [0.1, 0.15) is 6.17 Å². The first kappa shape index (κ1) is 12.8. The molecule has 0 heterocycles. The second kappa shape index (κ2) is 4.94. The van der Waals surface area contributed by atoms with Crippen LogP contribution in [-0.2, 0) is 0 Å². The molecule has 0 aromatic heterocycles. The topological polar surface area (TPSA) is 12.0 Å². The predicted molar refractivity (Wildman–Crippen MR) is 41.2 cm³/mol. The van der Waals surface area contributed by atoms with Crippen molar-refractivity contribution in [2.45, 2.75) is 19.5 Å². The first-order chi connectivity index (χ1) is 4.02. The first-order valence-corrected chi connectivity index (χ1v) is 3.50. The van der Waals surface area contributed by atoms with E-state index in [9.17, 15) is 0 Å². The largest absolute Gasteiger partial charge is 1.00 e. The van der Waals surface area contributed by atoms with Gasteiger partial charge in [0.2, 0.25) is 0 Å². The van der Waals surface area contributed by atoms with Crippen molar-refractivity contribution in [2.24, 2.45) is 0 Å². The molecule has 0 bridgehead atoms. The third kappa shape index (κ3) is 4.09. The minimum absolute atomic E-state index is 0. The Bertz CT molecular complexity index is 74.2. The SMILES string of the molecule is CCC(NC)[N+](C)(C)C.[Cl-]. The van der Waals surface area contributed by atoms with Crippen LogP contribution in [0, 0.1) is 0 Å². The Morgan fingerprint density at radius 1 is 1.30 bits per heavy atom. The molecule has 3 heteroatoms. The molecule has 1 atom stereocenters. The van der Waals surface area contributed by atoms with Gasteiger partial charge in [-0.25, -0.2) is 0 Å². The average molecular weight is 167 g/mol. The van der Waals surface area contributed by atoms with E-state index in [4.69, 9.17) is 0 Å². The van der Waals surface area contributed by atoms with Crippen LogP contribution in [0.1, 0.15) is 13.3 Å². The second-order valence-electron chi connectivity index (χ2n) is 3.33. The highest BCUT2D eigenvalue weighted by molar-refractivity contribution is 4.45. The number of quaternary nitrogens is 1. The van der Waals surface area contributed by atoms with Crippen LogP contribution in [0.2, 0.25) is 0 Å². The molecule has 1 unspecified atom stereocenters. The smallest absolute Gasteiger partial charge is 0.141 e. The van der Waals surface area contributed by atoms with Gasteiger partial charge in [-0.3, -0.25) is 5.32 Å². The molecule has 0 saturated heterocycles. The summed E-state index contributed by atoms with van der Waals surface area (Å²) in [5.74, 6) is 0. The lowest BCUT2D eigenvalue weighted by atomic mass is 10.3. The molecular formula is C7H19ClN2. The molecule has 0 amide bonds. The molecule has 0 aliphatic heterocycles. The highest BCUT2D eigenvalue weighted by Gasteiger charge is 2.18. The third-order valence-corrected chi connectivity index (χ3v) is 1.65. The van der Waals surface area contributed by atoms with Crippen LogP contribution in [-0.4, -0.2) is 38.8 Å². The van der Waals surface area contributed by atoms with E-state index < -0.39 is 0 Å². The Balaban J connectivity index is 0. The molecule has 0 spiro atoms. The quantitative estimate of drug-likeness (QED) is 0.366. The Labute approximate surface area is 70.6 Å². The lowest BCUT2D eigenvalue weighted by molar-refractivity contribution is -0.899. The first-order valence-electron chi connectivity index (χ1n) is 3.50. The summed E-state index contributed by atoms with van der Waals surface area (Å²) in [6.07, 6.45) is 1.77. The van der Waals surface area contributed by atoms with Crippen molar-refractivity contribution < 1.29 is 16.9 Å². The van der Waals surface area contributed by atoms with Gasteiger partial charge in [0.15, 0.2) is 0 Å². The van der Waals surface area contributed by atoms with Crippen molar-refractivity contribution in [1.82, 2.24) is 5.32 Å². The van der Waals surface area contributed by atoms with Crippen molar-refractivity contribution >= 4 is 0 Å². The van der Waals surface area contributed by atoms with E-state index >= 15 is 0 Å². The highest BCUT2D eigenvalue weighted by Crippen LogP contribution is 2.01. The zero-order valence-corrected chi connectivity index (χ0v) is 8.37. The molecule has 2 nitrogen and oxygen atoms in total. The molecule has 0 aromatic rings. The van der Waals surface area contributed by atoms with E-state index in [1.807, 2.05) is 7.05 Å². The van der Waals surface area contributed by atoms with E-state index in [0.717, 1.165) is 4.48 Å². The molecule has 0 aliphatic rings. The number of rotatable bonds is 3. The lowest BCUT2D eigenvalue weighted by Gasteiger charge is -2.32. The molecule has 1 N–H and O–H groups in total. The van der Waals surface area contributed by atoms with E-state index in [2.05, 4.69) is 33.4 Å². The summed E-state index contributed by atoms with van der Waals surface area (Å²) in [7, 11) is 8.61. The maximum absolute atomic E-state index is 3.26. The van der Waals surface area contributed by atoms with Crippen molar-refractivity contribution in [1.29, 1.82) is 0 Å². The molecule has 0 rings (SSSR count). The maximum Gasteiger partial charge on any atom is 0.141 e. The van der Waals surface area contributed by atoms with Crippen molar-refractivity contribution in [3.05, 3.63) is 0 Å². The highest BCUT2D eigenvalue weighted by atomic mass is 35.5. The summed E-state index contributed by atoms with van der Waals surface area (Å²) < 4.78 is 0.993. The monoisotopic (exact) mass is 166 g/mol. The Kier molecular flexibility index (Phi) is 6.35. The lowest BCUT2D eigenvalue weighted by Crippen LogP contribution is -3.00. The Morgan fingerprint density at radius 3 is 1.70 bits per heavy atom. The van der Waals surface area contributed by atoms with E-state index in [-0.39, 0.29) is 12.4 Å². The number of hydrogen-bond donors (Lipinski definition) is 1. The molecule has 0 fully saturated rings. The molecule has 64 valence electrons.